The van der Waals surface area contributed by atoms with Gasteiger partial charge >= 0.3 is 0 Å². The van der Waals surface area contributed by atoms with E-state index in [0.29, 0.717) is 18.8 Å². The van der Waals surface area contributed by atoms with E-state index in [1.165, 1.54) is 0 Å². The zero-order valence-corrected chi connectivity index (χ0v) is 20.2. The molecule has 0 saturated heterocycles. The van der Waals surface area contributed by atoms with Gasteiger partial charge in [0, 0.05) is 14.2 Å². The number of methoxy groups -OCH3 is 2. The van der Waals surface area contributed by atoms with E-state index < -0.39 is 21.0 Å². The number of allylic oxidation sites excluding steroid dienone is 1. The quantitative estimate of drug-likeness (QED) is 0.411. The van der Waals surface area contributed by atoms with Gasteiger partial charge in [-0.2, -0.15) is 8.42 Å². The molecular weight excluding hydrogens is 416 g/mol. The summed E-state index contributed by atoms with van der Waals surface area (Å²) in [5.41, 5.74) is -1.12. The predicted molar refractivity (Wildman–Crippen MR) is 121 cm³/mol. The van der Waals surface area contributed by atoms with E-state index >= 15 is 0 Å². The molecule has 0 atom stereocenters. The molecule has 0 spiro atoms. The van der Waals surface area contributed by atoms with E-state index in [9.17, 15) is 13.5 Å². The van der Waals surface area contributed by atoms with Gasteiger partial charge in [-0.05, 0) is 94.8 Å². The molecule has 0 aromatic carbocycles. The molecular formula is C24H42O6S. The summed E-state index contributed by atoms with van der Waals surface area (Å²) >= 11 is 0. The summed E-state index contributed by atoms with van der Waals surface area (Å²) < 4.78 is 42.6. The highest BCUT2D eigenvalue weighted by Gasteiger charge is 2.47. The van der Waals surface area contributed by atoms with Crippen molar-refractivity contribution in [2.75, 3.05) is 20.8 Å². The van der Waals surface area contributed by atoms with Crippen molar-refractivity contribution in [3.63, 3.8) is 0 Å². The van der Waals surface area contributed by atoms with Crippen LogP contribution in [0.1, 0.15) is 77.0 Å². The number of rotatable bonds is 9. The number of aliphatic hydroxyl groups is 1. The Hall–Kier alpha value is -0.470. The smallest absolute Gasteiger partial charge is 0.270 e. The third-order valence-electron chi connectivity index (χ3n) is 8.34. The van der Waals surface area contributed by atoms with Crippen LogP contribution in [0.25, 0.3) is 0 Å². The molecule has 3 rings (SSSR count). The molecule has 31 heavy (non-hydrogen) atoms. The number of hydrogen-bond acceptors (Lipinski definition) is 6. The van der Waals surface area contributed by atoms with Crippen LogP contribution in [0.15, 0.2) is 12.7 Å². The van der Waals surface area contributed by atoms with E-state index in [4.69, 9.17) is 13.7 Å². The van der Waals surface area contributed by atoms with Crippen LogP contribution >= 0.6 is 0 Å². The van der Waals surface area contributed by atoms with E-state index in [2.05, 4.69) is 6.58 Å². The molecule has 0 radical (unpaired) electrons. The first-order chi connectivity index (χ1) is 14.8. The van der Waals surface area contributed by atoms with Crippen LogP contribution in [0.2, 0.25) is 0 Å². The molecule has 7 heteroatoms. The van der Waals surface area contributed by atoms with Crippen molar-refractivity contribution < 1.29 is 27.2 Å². The Balaban J connectivity index is 1.68. The van der Waals surface area contributed by atoms with Gasteiger partial charge in [0.05, 0.1) is 29.7 Å². The summed E-state index contributed by atoms with van der Waals surface area (Å²) in [6, 6.07) is 0. The van der Waals surface area contributed by atoms with E-state index in [1.54, 1.807) is 14.2 Å². The van der Waals surface area contributed by atoms with Crippen molar-refractivity contribution >= 4 is 10.1 Å². The maximum Gasteiger partial charge on any atom is 0.270 e. The van der Waals surface area contributed by atoms with Gasteiger partial charge in [0.2, 0.25) is 0 Å². The topological polar surface area (TPSA) is 82.1 Å². The molecule has 6 nitrogen and oxygen atoms in total. The van der Waals surface area contributed by atoms with Crippen molar-refractivity contribution in [1.29, 1.82) is 0 Å². The molecule has 0 bridgehead atoms. The molecule has 0 aromatic rings. The minimum absolute atomic E-state index is 0.0368. The summed E-state index contributed by atoms with van der Waals surface area (Å²) in [7, 11) is -0.228. The summed E-state index contributed by atoms with van der Waals surface area (Å²) in [6.07, 6.45) is 12.2. The number of hydrogen-bond donors (Lipinski definition) is 1. The van der Waals surface area contributed by atoms with Crippen molar-refractivity contribution in [2.24, 2.45) is 17.8 Å². The lowest BCUT2D eigenvalue weighted by atomic mass is 9.66. The predicted octanol–water partition coefficient (Wildman–Crippen LogP) is 4.22. The Morgan fingerprint density at radius 2 is 1.29 bits per heavy atom. The van der Waals surface area contributed by atoms with Crippen LogP contribution in [0.3, 0.4) is 0 Å². The van der Waals surface area contributed by atoms with Gasteiger partial charge in [-0.1, -0.05) is 6.08 Å². The van der Waals surface area contributed by atoms with Crippen molar-refractivity contribution in [2.45, 2.75) is 100 Å². The molecule has 0 aliphatic heterocycles. The first-order valence-corrected chi connectivity index (χ1v) is 13.6. The molecule has 3 aliphatic carbocycles. The van der Waals surface area contributed by atoms with E-state index in [1.807, 2.05) is 6.08 Å². The molecule has 1 N–H and O–H groups in total. The minimum atomic E-state index is -3.70. The summed E-state index contributed by atoms with van der Waals surface area (Å²) in [5.74, 6) is 0.472. The van der Waals surface area contributed by atoms with Crippen LogP contribution in [-0.4, -0.2) is 57.4 Å². The average Bonchev–Trinajstić information content (AvgIpc) is 2.82. The lowest BCUT2D eigenvalue weighted by Crippen LogP contribution is -2.52. The SMILES string of the molecule is C=CC1CCC(S(=O)(=O)OCC(O)(C2CCC(OC)CC2)C2CCC(OC)CC2)CC1. The Morgan fingerprint density at radius 3 is 1.68 bits per heavy atom. The summed E-state index contributed by atoms with van der Waals surface area (Å²) in [4.78, 5) is 0. The fourth-order valence-corrected chi connectivity index (χ4v) is 7.45. The second kappa shape index (κ2) is 11.1. The van der Waals surface area contributed by atoms with Crippen LogP contribution in [0.5, 0.6) is 0 Å². The van der Waals surface area contributed by atoms with Gasteiger partial charge in [0.25, 0.3) is 10.1 Å². The Kier molecular flexibility index (Phi) is 9.01. The maximum atomic E-state index is 13.0. The third kappa shape index (κ3) is 6.11. The van der Waals surface area contributed by atoms with Gasteiger partial charge in [-0.15, -0.1) is 6.58 Å². The van der Waals surface area contributed by atoms with Crippen molar-refractivity contribution in [1.82, 2.24) is 0 Å². The highest BCUT2D eigenvalue weighted by molar-refractivity contribution is 7.87. The monoisotopic (exact) mass is 458 g/mol. The van der Waals surface area contributed by atoms with Crippen LogP contribution in [-0.2, 0) is 23.8 Å². The van der Waals surface area contributed by atoms with E-state index in [0.717, 1.165) is 64.2 Å². The lowest BCUT2D eigenvalue weighted by Gasteiger charge is -2.46. The lowest BCUT2D eigenvalue weighted by molar-refractivity contribution is -0.131. The number of ether oxygens (including phenoxy) is 2. The zero-order chi connectivity index (χ0) is 22.5. The summed E-state index contributed by atoms with van der Waals surface area (Å²) in [6.45, 7) is 3.71. The molecule has 3 aliphatic rings. The van der Waals surface area contributed by atoms with Crippen molar-refractivity contribution in [3.8, 4) is 0 Å². The fourth-order valence-electron chi connectivity index (χ4n) is 6.05. The molecule has 0 heterocycles. The zero-order valence-electron chi connectivity index (χ0n) is 19.3. The molecule has 3 fully saturated rings. The first-order valence-electron chi connectivity index (χ1n) is 12.1. The van der Waals surface area contributed by atoms with Gasteiger partial charge in [-0.25, -0.2) is 0 Å². The molecule has 180 valence electrons. The largest absolute Gasteiger partial charge is 0.387 e. The Bertz CT molecular complexity index is 630. The highest BCUT2D eigenvalue weighted by Crippen LogP contribution is 2.44. The van der Waals surface area contributed by atoms with Crippen molar-refractivity contribution in [3.05, 3.63) is 12.7 Å². The molecule has 0 unspecified atom stereocenters. The van der Waals surface area contributed by atoms with Gasteiger partial charge in [0.15, 0.2) is 0 Å². The average molecular weight is 459 g/mol. The Labute approximate surface area is 188 Å². The normalized spacial score (nSPS) is 37.1. The summed E-state index contributed by atoms with van der Waals surface area (Å²) in [5, 5.41) is 11.5. The maximum absolute atomic E-state index is 13.0. The first kappa shape index (κ1) is 25.2. The van der Waals surface area contributed by atoms with Gasteiger partial charge < -0.3 is 14.6 Å². The molecule has 0 amide bonds. The third-order valence-corrected chi connectivity index (χ3v) is 10.1. The van der Waals surface area contributed by atoms with Crippen LogP contribution < -0.4 is 0 Å². The standard InChI is InChI=1S/C24H42O6S/c1-4-18-5-15-23(16-6-18)31(26,27)30-17-24(25,19-7-11-21(28-2)12-8-19)20-9-13-22(29-3)14-10-20/h4,18-23,25H,1,5-17H2,2-3H3. The highest BCUT2D eigenvalue weighted by atomic mass is 32.2. The van der Waals surface area contributed by atoms with Crippen LogP contribution in [0.4, 0.5) is 0 Å². The Morgan fingerprint density at radius 1 is 0.839 bits per heavy atom. The fraction of sp³-hybridized carbons (Fsp3) is 0.917. The van der Waals surface area contributed by atoms with Gasteiger partial charge in [0.1, 0.15) is 0 Å². The second-order valence-electron chi connectivity index (χ2n) is 9.94. The van der Waals surface area contributed by atoms with E-state index in [-0.39, 0.29) is 30.7 Å². The second-order valence-corrected chi connectivity index (χ2v) is 11.8. The molecule has 3 saturated carbocycles. The molecule has 0 aromatic heterocycles. The minimum Gasteiger partial charge on any atom is -0.387 e. The van der Waals surface area contributed by atoms with Crippen LogP contribution in [0, 0.1) is 17.8 Å². The van der Waals surface area contributed by atoms with Gasteiger partial charge in [-0.3, -0.25) is 4.18 Å².